The van der Waals surface area contributed by atoms with Crippen molar-refractivity contribution in [2.45, 2.75) is 295 Å². The molecule has 5 N–H and O–H groups in total. The van der Waals surface area contributed by atoms with Crippen molar-refractivity contribution in [2.75, 3.05) is 19.8 Å². The first-order valence-corrected chi connectivity index (χ1v) is 31.0. The van der Waals surface area contributed by atoms with Crippen LogP contribution in [0.3, 0.4) is 0 Å². The van der Waals surface area contributed by atoms with Gasteiger partial charge in [-0.25, -0.2) is 14.2 Å². The molecule has 0 bridgehead atoms. The van der Waals surface area contributed by atoms with Crippen molar-refractivity contribution in [3.8, 4) is 0 Å². The molecule has 2 aliphatic rings. The molecule has 460 valence electrons. The van der Waals surface area contributed by atoms with E-state index in [0.717, 1.165) is 54.2 Å². The Morgan fingerprint density at radius 1 is 0.630 bits per heavy atom. The fourth-order valence-electron chi connectivity index (χ4n) is 10.6. The maximum absolute atomic E-state index is 13.9. The van der Waals surface area contributed by atoms with Gasteiger partial charge in [0.2, 0.25) is 0 Å². The molecular weight excluding hydrogens is 1040 g/mol. The minimum atomic E-state index is -1.65. The first-order chi connectivity index (χ1) is 39.3. The minimum absolute atomic E-state index is 0.00317. The molecule has 81 heavy (non-hydrogen) atoms. The Bertz CT molecular complexity index is 2320. The third kappa shape index (κ3) is 24.0. The summed E-state index contributed by atoms with van der Waals surface area (Å²) in [6.07, 6.45) is 28.1. The summed E-state index contributed by atoms with van der Waals surface area (Å²) in [7, 11) is 0. The molecule has 2 aliphatic heterocycles. The Morgan fingerprint density at radius 2 is 1.16 bits per heavy atom. The van der Waals surface area contributed by atoms with Gasteiger partial charge in [-0.2, -0.15) is 0 Å². The molecule has 5 rings (SSSR count). The first kappa shape index (κ1) is 67.4. The highest BCUT2D eigenvalue weighted by molar-refractivity contribution is 5.70. The average Bonchev–Trinajstić information content (AvgIpc) is 4.31. The number of nitrogens with zero attached hydrogens (tertiary/aromatic N) is 8. The molecule has 2 saturated heterocycles. The van der Waals surface area contributed by atoms with E-state index in [1.807, 2.05) is 0 Å². The molecule has 3 aromatic rings. The van der Waals surface area contributed by atoms with Crippen molar-refractivity contribution < 1.29 is 58.8 Å². The maximum Gasteiger partial charge on any atom is 0.333 e. The topological polar surface area (TPSA) is 287 Å². The SMILES string of the molecule is CCCCCCCCCCCCCCCCC(=O)OC[C@H](COCc1cn(C[C@H]2O[C@@H](n3cc(C)c(=O)n(Cc4cn([C@@H]5O[C@H](CO)[C@@H](O)[C@H](O)[C@H]5O)nn4)c3=O)C[C@@H]2O)nn1)OC(=O)CCCCCCCCCCCCCCCC. The zero-order valence-electron chi connectivity index (χ0n) is 49.1. The third-order valence-electron chi connectivity index (χ3n) is 15.6. The lowest BCUT2D eigenvalue weighted by Crippen LogP contribution is -2.56. The van der Waals surface area contributed by atoms with E-state index in [2.05, 4.69) is 34.5 Å². The van der Waals surface area contributed by atoms with Gasteiger partial charge < -0.3 is 49.2 Å². The van der Waals surface area contributed by atoms with Gasteiger partial charge in [0.05, 0.1) is 51.4 Å². The standard InChI is InChI=1S/C59H100N8O14/c1-4-6-8-10-12-14-16-18-20-22-24-26-28-30-32-52(70)78-43-47(79-53(71)33-31-29-27-25-23-21-19-17-15-13-11-9-7-5-2)42-77-41-46-36-64(62-61-46)39-49-48(69)34-51(80-49)65-35-44(3)57(75)66(59(65)76)37-45-38-67(63-60-45)58-56(74)55(73)54(72)50(40-68)81-58/h35-36,38,47-51,54-56,58,68-69,72-74H,4-34,37,39-43H2,1-3H3/t47-,48-,49+,50+,51+,54+,55-,56+,58+/m0/s1. The van der Waals surface area contributed by atoms with Crippen LogP contribution in [-0.4, -0.2) is 139 Å². The Hall–Kier alpha value is -4.42. The molecular formula is C59H100N8O14. The smallest absolute Gasteiger partial charge is 0.333 e. The van der Waals surface area contributed by atoms with Crippen molar-refractivity contribution in [1.29, 1.82) is 0 Å². The Balaban J connectivity index is 1.06. The Kier molecular flexibility index (Phi) is 32.0. The number of rotatable bonds is 44. The predicted molar refractivity (Wildman–Crippen MR) is 303 cm³/mol. The van der Waals surface area contributed by atoms with Crippen LogP contribution in [0.15, 0.2) is 28.2 Å². The van der Waals surface area contributed by atoms with Crippen molar-refractivity contribution in [3.63, 3.8) is 0 Å². The van der Waals surface area contributed by atoms with Crippen LogP contribution in [0.2, 0.25) is 0 Å². The predicted octanol–water partition coefficient (Wildman–Crippen LogP) is 7.59. The molecule has 3 aromatic heterocycles. The van der Waals surface area contributed by atoms with Crippen molar-refractivity contribution in [2.24, 2.45) is 0 Å². The normalized spacial score (nSPS) is 21.4. The Labute approximate surface area is 479 Å². The summed E-state index contributed by atoms with van der Waals surface area (Å²) < 4.78 is 33.8. The summed E-state index contributed by atoms with van der Waals surface area (Å²) in [5.41, 5.74) is -0.570. The van der Waals surface area contributed by atoms with Crippen LogP contribution in [0.4, 0.5) is 0 Å². The maximum atomic E-state index is 13.9. The molecule has 5 heterocycles. The molecule has 2 fully saturated rings. The number of aromatic nitrogens is 8. The molecule has 0 aromatic carbocycles. The molecule has 0 radical (unpaired) electrons. The van der Waals surface area contributed by atoms with Gasteiger partial charge in [-0.1, -0.05) is 191 Å². The quantitative estimate of drug-likeness (QED) is 0.0269. The summed E-state index contributed by atoms with van der Waals surface area (Å²) in [4.78, 5) is 53.0. The minimum Gasteiger partial charge on any atom is -0.462 e. The summed E-state index contributed by atoms with van der Waals surface area (Å²) in [5.74, 6) is -0.691. The largest absolute Gasteiger partial charge is 0.462 e. The van der Waals surface area contributed by atoms with Gasteiger partial charge in [-0.3, -0.25) is 23.5 Å². The zero-order valence-corrected chi connectivity index (χ0v) is 49.1. The molecule has 0 spiro atoms. The fourth-order valence-corrected chi connectivity index (χ4v) is 10.6. The zero-order chi connectivity index (χ0) is 58.2. The van der Waals surface area contributed by atoms with E-state index in [4.69, 9.17) is 23.7 Å². The number of ether oxygens (including phenoxy) is 5. The molecule has 0 amide bonds. The van der Waals surface area contributed by atoms with Gasteiger partial charge in [0.25, 0.3) is 5.56 Å². The fraction of sp³-hybridized carbons (Fsp3) is 0.831. The number of aryl methyl sites for hydroxylation is 1. The number of hydrogen-bond acceptors (Lipinski definition) is 18. The highest BCUT2D eigenvalue weighted by atomic mass is 16.6. The number of esters is 2. The summed E-state index contributed by atoms with van der Waals surface area (Å²) in [6, 6.07) is 0. The van der Waals surface area contributed by atoms with E-state index in [1.165, 1.54) is 163 Å². The molecule has 22 heteroatoms. The van der Waals surface area contributed by atoms with Crippen molar-refractivity contribution >= 4 is 11.9 Å². The van der Waals surface area contributed by atoms with Gasteiger partial charge in [0.15, 0.2) is 12.3 Å². The van der Waals surface area contributed by atoms with E-state index in [9.17, 15) is 44.7 Å². The summed E-state index contributed by atoms with van der Waals surface area (Å²) in [6.45, 7) is 4.95. The monoisotopic (exact) mass is 1140 g/mol. The lowest BCUT2D eigenvalue weighted by Gasteiger charge is -2.39. The summed E-state index contributed by atoms with van der Waals surface area (Å²) in [5, 5.41) is 68.0. The van der Waals surface area contributed by atoms with Gasteiger partial charge >= 0.3 is 17.6 Å². The van der Waals surface area contributed by atoms with Crippen LogP contribution in [0.5, 0.6) is 0 Å². The second-order valence-electron chi connectivity index (χ2n) is 22.7. The van der Waals surface area contributed by atoms with Crippen LogP contribution in [-0.2, 0) is 53.0 Å². The Morgan fingerprint density at radius 3 is 1.72 bits per heavy atom. The van der Waals surface area contributed by atoms with Gasteiger partial charge in [-0.15, -0.1) is 10.2 Å². The molecule has 22 nitrogen and oxygen atoms in total. The van der Waals surface area contributed by atoms with Crippen molar-refractivity contribution in [3.05, 3.63) is 56.4 Å². The van der Waals surface area contributed by atoms with Crippen LogP contribution in [0.1, 0.15) is 242 Å². The highest BCUT2D eigenvalue weighted by Crippen LogP contribution is 2.30. The lowest BCUT2D eigenvalue weighted by molar-refractivity contribution is -0.254. The molecule has 0 saturated carbocycles. The number of unbranched alkanes of at least 4 members (excludes halogenated alkanes) is 26. The van der Waals surface area contributed by atoms with E-state index in [-0.39, 0.29) is 68.9 Å². The number of aliphatic hydroxyl groups excluding tert-OH is 5. The van der Waals surface area contributed by atoms with Crippen LogP contribution in [0.25, 0.3) is 0 Å². The van der Waals surface area contributed by atoms with Crippen LogP contribution >= 0.6 is 0 Å². The lowest BCUT2D eigenvalue weighted by atomic mass is 9.98. The van der Waals surface area contributed by atoms with E-state index in [0.29, 0.717) is 12.1 Å². The van der Waals surface area contributed by atoms with Gasteiger partial charge in [0.1, 0.15) is 54.7 Å². The number of aliphatic hydroxyl groups is 5. The van der Waals surface area contributed by atoms with Gasteiger partial charge in [-0.05, 0) is 19.8 Å². The molecule has 0 aliphatic carbocycles. The summed E-state index contributed by atoms with van der Waals surface area (Å²) >= 11 is 0. The molecule has 9 atom stereocenters. The van der Waals surface area contributed by atoms with Crippen LogP contribution < -0.4 is 11.2 Å². The number of carbonyl (C=O) groups excluding carboxylic acids is 2. The van der Waals surface area contributed by atoms with Crippen molar-refractivity contribution in [1.82, 2.24) is 39.1 Å². The van der Waals surface area contributed by atoms with E-state index < -0.39 is 73.0 Å². The second kappa shape index (κ2) is 38.4. The third-order valence-corrected chi connectivity index (χ3v) is 15.6. The van der Waals surface area contributed by atoms with Crippen LogP contribution in [0, 0.1) is 6.92 Å². The highest BCUT2D eigenvalue weighted by Gasteiger charge is 2.45. The van der Waals surface area contributed by atoms with E-state index >= 15 is 0 Å². The second-order valence-corrected chi connectivity index (χ2v) is 22.7. The molecule has 0 unspecified atom stereocenters. The average molecular weight is 1150 g/mol. The van der Waals surface area contributed by atoms with E-state index in [1.54, 1.807) is 6.20 Å². The first-order valence-electron chi connectivity index (χ1n) is 31.0. The number of carbonyl (C=O) groups is 2. The number of hydrogen-bond donors (Lipinski definition) is 5. The van der Waals surface area contributed by atoms with Gasteiger partial charge in [0, 0.05) is 31.0 Å².